The molecule has 1 fully saturated rings. The smallest absolute Gasteiger partial charge is 0.373 e. The van der Waals surface area contributed by atoms with E-state index in [-0.39, 0.29) is 29.4 Å². The van der Waals surface area contributed by atoms with Crippen molar-refractivity contribution in [2.45, 2.75) is 19.4 Å². The van der Waals surface area contributed by atoms with E-state index in [1.54, 1.807) is 6.07 Å². The molecule has 0 aliphatic carbocycles. The number of methoxy groups -OCH3 is 1. The highest BCUT2D eigenvalue weighted by Crippen LogP contribution is 2.31. The number of esters is 2. The van der Waals surface area contributed by atoms with Crippen molar-refractivity contribution in [3.63, 3.8) is 0 Å². The average molecular weight is 374 g/mol. The van der Waals surface area contributed by atoms with Crippen LogP contribution in [0.1, 0.15) is 39.5 Å². The van der Waals surface area contributed by atoms with Gasteiger partial charge < -0.3 is 18.8 Å². The molecule has 1 aromatic heterocycles. The van der Waals surface area contributed by atoms with Gasteiger partial charge in [0, 0.05) is 19.2 Å². The van der Waals surface area contributed by atoms with Crippen LogP contribution in [0.3, 0.4) is 0 Å². The van der Waals surface area contributed by atoms with Crippen LogP contribution in [0.25, 0.3) is 0 Å². The van der Waals surface area contributed by atoms with Crippen molar-refractivity contribution in [1.29, 1.82) is 0 Å². The number of carbonyl (C=O) groups is 2. The van der Waals surface area contributed by atoms with Crippen LogP contribution in [-0.2, 0) is 16.1 Å². The Balaban J connectivity index is 1.71. The molecule has 1 aliphatic heterocycles. The number of carbonyl (C=O) groups excluding carboxylic acids is 2. The Morgan fingerprint density at radius 3 is 2.59 bits per heavy atom. The van der Waals surface area contributed by atoms with Crippen molar-refractivity contribution in [1.82, 2.24) is 0 Å². The van der Waals surface area contributed by atoms with E-state index in [1.165, 1.54) is 31.4 Å². The number of hydrogen-bond acceptors (Lipinski definition) is 8. The van der Waals surface area contributed by atoms with Gasteiger partial charge in [0.1, 0.15) is 18.1 Å². The van der Waals surface area contributed by atoms with E-state index in [1.807, 2.05) is 4.90 Å². The average Bonchev–Trinajstić information content (AvgIpc) is 3.36. The first-order valence-electron chi connectivity index (χ1n) is 8.37. The maximum atomic E-state index is 12.2. The fraction of sp³-hybridized carbons (Fsp3) is 0.333. The Kier molecular flexibility index (Phi) is 5.39. The van der Waals surface area contributed by atoms with Crippen LogP contribution in [0.5, 0.6) is 0 Å². The lowest BCUT2D eigenvalue weighted by Gasteiger charge is -2.17. The van der Waals surface area contributed by atoms with Crippen molar-refractivity contribution >= 4 is 23.3 Å². The number of nitro benzene ring substituents is 1. The van der Waals surface area contributed by atoms with Gasteiger partial charge in [-0.15, -0.1) is 0 Å². The fourth-order valence-electron chi connectivity index (χ4n) is 2.91. The number of furan rings is 1. The van der Waals surface area contributed by atoms with Crippen LogP contribution < -0.4 is 4.90 Å². The third kappa shape index (κ3) is 4.08. The Morgan fingerprint density at radius 2 is 1.93 bits per heavy atom. The standard InChI is InChI=1S/C18H18N2O7/c1-25-18(22)16-7-5-13(27-16)11-26-17(21)12-4-6-14(15(10-12)20(23)24)19-8-2-3-9-19/h4-7,10H,2-3,8-9,11H2,1H3. The van der Waals surface area contributed by atoms with Crippen LogP contribution in [0.4, 0.5) is 11.4 Å². The van der Waals surface area contributed by atoms with Gasteiger partial charge in [0.25, 0.3) is 5.69 Å². The minimum Gasteiger partial charge on any atom is -0.463 e. The van der Waals surface area contributed by atoms with Crippen molar-refractivity contribution in [3.8, 4) is 0 Å². The molecule has 2 aromatic rings. The first-order chi connectivity index (χ1) is 13.0. The molecule has 0 bridgehead atoms. The first kappa shape index (κ1) is 18.4. The summed E-state index contributed by atoms with van der Waals surface area (Å²) in [7, 11) is 1.23. The van der Waals surface area contributed by atoms with Gasteiger partial charge in [-0.1, -0.05) is 0 Å². The van der Waals surface area contributed by atoms with E-state index >= 15 is 0 Å². The number of hydrogen-bond donors (Lipinski definition) is 0. The molecule has 0 N–H and O–H groups in total. The summed E-state index contributed by atoms with van der Waals surface area (Å²) in [4.78, 5) is 36.4. The molecular weight excluding hydrogens is 356 g/mol. The second-order valence-electron chi connectivity index (χ2n) is 5.99. The minimum atomic E-state index is -0.720. The molecule has 1 aliphatic rings. The van der Waals surface area contributed by atoms with Gasteiger partial charge in [-0.05, 0) is 37.1 Å². The summed E-state index contributed by atoms with van der Waals surface area (Å²) in [5.41, 5.74) is 0.449. The second kappa shape index (κ2) is 7.90. The largest absolute Gasteiger partial charge is 0.463 e. The molecule has 0 saturated carbocycles. The molecule has 142 valence electrons. The molecule has 0 radical (unpaired) electrons. The number of benzene rings is 1. The van der Waals surface area contributed by atoms with E-state index in [4.69, 9.17) is 9.15 Å². The fourth-order valence-corrected chi connectivity index (χ4v) is 2.91. The van der Waals surface area contributed by atoms with Crippen molar-refractivity contribution < 1.29 is 28.4 Å². The monoisotopic (exact) mass is 374 g/mol. The first-order valence-corrected chi connectivity index (χ1v) is 8.37. The summed E-state index contributed by atoms with van der Waals surface area (Å²) in [5.74, 6) is -1.11. The molecule has 9 nitrogen and oxygen atoms in total. The summed E-state index contributed by atoms with van der Waals surface area (Å²) < 4.78 is 14.8. The topological polar surface area (TPSA) is 112 Å². The summed E-state index contributed by atoms with van der Waals surface area (Å²) >= 11 is 0. The molecule has 3 rings (SSSR count). The number of nitro groups is 1. The van der Waals surface area contributed by atoms with Crippen LogP contribution in [0, 0.1) is 10.1 Å². The number of ether oxygens (including phenoxy) is 2. The van der Waals surface area contributed by atoms with E-state index in [9.17, 15) is 19.7 Å². The SMILES string of the molecule is COC(=O)c1ccc(COC(=O)c2ccc(N3CCCC3)c([N+](=O)[O-])c2)o1. The zero-order chi connectivity index (χ0) is 19.4. The maximum Gasteiger partial charge on any atom is 0.373 e. The molecule has 0 unspecified atom stereocenters. The van der Waals surface area contributed by atoms with Gasteiger partial charge in [0.15, 0.2) is 0 Å². The molecule has 27 heavy (non-hydrogen) atoms. The van der Waals surface area contributed by atoms with Gasteiger partial charge in [-0.2, -0.15) is 0 Å². The summed E-state index contributed by atoms with van der Waals surface area (Å²) in [5, 5.41) is 11.4. The molecule has 0 spiro atoms. The van der Waals surface area contributed by atoms with Crippen molar-refractivity contribution in [2.24, 2.45) is 0 Å². The molecule has 1 aromatic carbocycles. The lowest BCUT2D eigenvalue weighted by atomic mass is 10.1. The Labute approximate surface area is 154 Å². The van der Waals surface area contributed by atoms with Crippen LogP contribution in [0.2, 0.25) is 0 Å². The zero-order valence-electron chi connectivity index (χ0n) is 14.7. The van der Waals surface area contributed by atoms with Gasteiger partial charge in [0.05, 0.1) is 17.6 Å². The maximum absolute atomic E-state index is 12.2. The van der Waals surface area contributed by atoms with Crippen molar-refractivity contribution in [3.05, 3.63) is 57.5 Å². The van der Waals surface area contributed by atoms with E-state index in [0.717, 1.165) is 25.9 Å². The van der Waals surface area contributed by atoms with E-state index < -0.39 is 16.9 Å². The third-order valence-electron chi connectivity index (χ3n) is 4.25. The lowest BCUT2D eigenvalue weighted by Crippen LogP contribution is -2.19. The summed E-state index contributed by atoms with van der Waals surface area (Å²) in [6.07, 6.45) is 1.97. The number of nitrogens with zero attached hydrogens (tertiary/aromatic N) is 2. The third-order valence-corrected chi connectivity index (χ3v) is 4.25. The lowest BCUT2D eigenvalue weighted by molar-refractivity contribution is -0.384. The van der Waals surface area contributed by atoms with Gasteiger partial charge >= 0.3 is 11.9 Å². The summed E-state index contributed by atoms with van der Waals surface area (Å²) in [6, 6.07) is 7.19. The number of anilines is 1. The quantitative estimate of drug-likeness (QED) is 0.431. The Hall–Kier alpha value is -3.36. The van der Waals surface area contributed by atoms with E-state index in [2.05, 4.69) is 4.74 Å². The zero-order valence-corrected chi connectivity index (χ0v) is 14.7. The van der Waals surface area contributed by atoms with Crippen LogP contribution in [0.15, 0.2) is 34.7 Å². The molecule has 9 heteroatoms. The van der Waals surface area contributed by atoms with Gasteiger partial charge in [0.2, 0.25) is 5.76 Å². The normalized spacial score (nSPS) is 13.4. The predicted octanol–water partition coefficient (Wildman–Crippen LogP) is 2.93. The highest BCUT2D eigenvalue weighted by atomic mass is 16.6. The number of rotatable bonds is 6. The molecule has 1 saturated heterocycles. The summed E-state index contributed by atoms with van der Waals surface area (Å²) in [6.45, 7) is 1.30. The van der Waals surface area contributed by atoms with Crippen LogP contribution in [-0.4, -0.2) is 37.1 Å². The second-order valence-corrected chi connectivity index (χ2v) is 5.99. The molecular formula is C18H18N2O7. The molecule has 0 atom stereocenters. The minimum absolute atomic E-state index is 0.00541. The van der Waals surface area contributed by atoms with Crippen molar-refractivity contribution in [2.75, 3.05) is 25.1 Å². The Morgan fingerprint density at radius 1 is 1.19 bits per heavy atom. The molecule has 0 amide bonds. The van der Waals surface area contributed by atoms with Gasteiger partial charge in [-0.25, -0.2) is 9.59 Å². The highest BCUT2D eigenvalue weighted by molar-refractivity contribution is 5.91. The predicted molar refractivity (Wildman–Crippen MR) is 93.7 cm³/mol. The highest BCUT2D eigenvalue weighted by Gasteiger charge is 2.24. The van der Waals surface area contributed by atoms with Crippen LogP contribution >= 0.6 is 0 Å². The van der Waals surface area contributed by atoms with E-state index in [0.29, 0.717) is 5.69 Å². The molecule has 2 heterocycles. The van der Waals surface area contributed by atoms with Gasteiger partial charge in [-0.3, -0.25) is 10.1 Å². The Bertz CT molecular complexity index is 868.